The van der Waals surface area contributed by atoms with Crippen LogP contribution in [0.5, 0.6) is 0 Å². The largest absolute Gasteiger partial charge is 0.480 e. The van der Waals surface area contributed by atoms with Gasteiger partial charge in [-0.05, 0) is 50.7 Å². The zero-order valence-electron chi connectivity index (χ0n) is 21.2. The Morgan fingerprint density at radius 1 is 1.03 bits per heavy atom. The molecule has 39 heavy (non-hydrogen) atoms. The minimum Gasteiger partial charge on any atom is -0.480 e. The number of amides is 1. The maximum atomic E-state index is 13.6. The number of hydrogen-bond donors (Lipinski definition) is 2. The highest BCUT2D eigenvalue weighted by Crippen LogP contribution is 2.30. The number of aromatic nitrogens is 4. The predicted octanol–water partition coefficient (Wildman–Crippen LogP) is 3.99. The molecule has 1 aromatic heterocycles. The van der Waals surface area contributed by atoms with E-state index in [2.05, 4.69) is 25.5 Å². The van der Waals surface area contributed by atoms with Crippen LogP contribution in [-0.4, -0.2) is 53.6 Å². The second-order valence-corrected chi connectivity index (χ2v) is 9.15. The second kappa shape index (κ2) is 11.9. The topological polar surface area (TPSA) is 164 Å². The van der Waals surface area contributed by atoms with Crippen LogP contribution in [0.1, 0.15) is 35.3 Å². The van der Waals surface area contributed by atoms with Gasteiger partial charge in [0, 0.05) is 17.7 Å². The molecule has 1 heterocycles. The van der Waals surface area contributed by atoms with Crippen LogP contribution >= 0.6 is 0 Å². The van der Waals surface area contributed by atoms with Crippen molar-refractivity contribution in [2.45, 2.75) is 33.0 Å². The zero-order chi connectivity index (χ0) is 27.9. The van der Waals surface area contributed by atoms with Crippen molar-refractivity contribution in [3.63, 3.8) is 0 Å². The lowest BCUT2D eigenvalue weighted by Gasteiger charge is -2.32. The van der Waals surface area contributed by atoms with Crippen molar-refractivity contribution < 1.29 is 24.6 Å². The summed E-state index contributed by atoms with van der Waals surface area (Å²) < 4.78 is 0. The molecule has 3 aromatic carbocycles. The Morgan fingerprint density at radius 3 is 2.36 bits per heavy atom. The molecule has 0 radical (unpaired) electrons. The lowest BCUT2D eigenvalue weighted by molar-refractivity contribution is -0.763. The van der Waals surface area contributed by atoms with E-state index < -0.39 is 23.0 Å². The minimum atomic E-state index is -1.13. The van der Waals surface area contributed by atoms with Crippen LogP contribution in [0.15, 0.2) is 72.8 Å². The number of carboxylic acid groups (broad SMARTS) is 1. The first-order valence-electron chi connectivity index (χ1n) is 12.1. The Labute approximate surface area is 223 Å². The predicted molar refractivity (Wildman–Crippen MR) is 139 cm³/mol. The number of nitrogens with one attached hydrogen (secondary N) is 1. The standard InChI is InChI=1S/C27H26N6O6/c1-17(2)24(27(35)36)32(26(34)21-7-5-6-19(14-21)16-39-33(37)38)15-18-10-12-20(13-11-18)22-8-3-4-9-23(22)25-28-30-31-29-25/h3-14,17,24H,15-16H2,1-2H3,(H,35,36)(H,28,29,30,31)/t24-/m0/s1. The van der Waals surface area contributed by atoms with Gasteiger partial charge in [0.2, 0.25) is 0 Å². The van der Waals surface area contributed by atoms with E-state index in [4.69, 9.17) is 0 Å². The fourth-order valence-corrected chi connectivity index (χ4v) is 4.36. The van der Waals surface area contributed by atoms with Gasteiger partial charge >= 0.3 is 5.97 Å². The smallest absolute Gasteiger partial charge is 0.326 e. The Morgan fingerprint density at radius 2 is 1.74 bits per heavy atom. The third-order valence-corrected chi connectivity index (χ3v) is 6.14. The van der Waals surface area contributed by atoms with Crippen LogP contribution in [0.25, 0.3) is 22.5 Å². The number of H-pyrrole nitrogens is 1. The molecule has 0 saturated carbocycles. The van der Waals surface area contributed by atoms with Gasteiger partial charge in [-0.3, -0.25) is 4.79 Å². The molecule has 2 N–H and O–H groups in total. The van der Waals surface area contributed by atoms with Gasteiger partial charge in [-0.15, -0.1) is 15.2 Å². The average molecular weight is 531 g/mol. The fraction of sp³-hybridized carbons (Fsp3) is 0.222. The van der Waals surface area contributed by atoms with E-state index in [1.807, 2.05) is 48.5 Å². The van der Waals surface area contributed by atoms with Crippen molar-refractivity contribution in [1.82, 2.24) is 25.5 Å². The SMILES string of the molecule is CC(C)[C@@H](C(=O)O)N(Cc1ccc(-c2ccccc2-c2nnn[nH]2)cc1)C(=O)c1cccc(CO[N+](=O)[O-])c1. The molecular formula is C27H26N6O6. The first-order chi connectivity index (χ1) is 18.7. The quantitative estimate of drug-likeness (QED) is 0.215. The molecule has 12 heteroatoms. The summed E-state index contributed by atoms with van der Waals surface area (Å²) in [6, 6.07) is 20.2. The summed E-state index contributed by atoms with van der Waals surface area (Å²) in [7, 11) is 0. The number of carbonyl (C=O) groups is 2. The van der Waals surface area contributed by atoms with Crippen LogP contribution in [0.4, 0.5) is 0 Å². The Balaban J connectivity index is 1.63. The number of nitrogens with zero attached hydrogens (tertiary/aromatic N) is 5. The fourth-order valence-electron chi connectivity index (χ4n) is 4.36. The van der Waals surface area contributed by atoms with Gasteiger partial charge in [-0.25, -0.2) is 9.89 Å². The molecular weight excluding hydrogens is 504 g/mol. The first-order valence-corrected chi connectivity index (χ1v) is 12.1. The number of tetrazole rings is 1. The maximum Gasteiger partial charge on any atom is 0.326 e. The van der Waals surface area contributed by atoms with Crippen molar-refractivity contribution in [2.75, 3.05) is 0 Å². The molecule has 0 aliphatic rings. The summed E-state index contributed by atoms with van der Waals surface area (Å²) in [6.07, 6.45) is 0. The molecule has 12 nitrogen and oxygen atoms in total. The number of benzene rings is 3. The van der Waals surface area contributed by atoms with Crippen LogP contribution in [-0.2, 0) is 22.8 Å². The summed E-state index contributed by atoms with van der Waals surface area (Å²) in [5.41, 5.74) is 3.96. The molecule has 0 unspecified atom stereocenters. The molecule has 4 rings (SSSR count). The van der Waals surface area contributed by atoms with Crippen molar-refractivity contribution in [1.29, 1.82) is 0 Å². The van der Waals surface area contributed by atoms with Crippen molar-refractivity contribution >= 4 is 11.9 Å². The molecule has 1 amide bonds. The number of hydrogen-bond acceptors (Lipinski definition) is 8. The van der Waals surface area contributed by atoms with Gasteiger partial charge in [-0.1, -0.05) is 74.5 Å². The van der Waals surface area contributed by atoms with Gasteiger partial charge in [0.15, 0.2) is 5.82 Å². The van der Waals surface area contributed by atoms with Crippen molar-refractivity contribution in [3.05, 3.63) is 99.6 Å². The maximum absolute atomic E-state index is 13.6. The van der Waals surface area contributed by atoms with E-state index in [0.717, 1.165) is 22.3 Å². The van der Waals surface area contributed by atoms with Crippen LogP contribution in [0.2, 0.25) is 0 Å². The van der Waals surface area contributed by atoms with Gasteiger partial charge in [0.25, 0.3) is 11.0 Å². The molecule has 0 aliphatic heterocycles. The van der Waals surface area contributed by atoms with E-state index in [9.17, 15) is 24.8 Å². The molecule has 0 aliphatic carbocycles. The summed E-state index contributed by atoms with van der Waals surface area (Å²) in [4.78, 5) is 42.1. The first kappa shape index (κ1) is 26.9. The lowest BCUT2D eigenvalue weighted by Crippen LogP contribution is -2.47. The van der Waals surface area contributed by atoms with Crippen LogP contribution in [0, 0.1) is 16.0 Å². The second-order valence-electron chi connectivity index (χ2n) is 9.15. The Bertz CT molecular complexity index is 1460. The van der Waals surface area contributed by atoms with E-state index >= 15 is 0 Å². The summed E-state index contributed by atoms with van der Waals surface area (Å²) in [5, 5.41) is 33.7. The third-order valence-electron chi connectivity index (χ3n) is 6.14. The third kappa shape index (κ3) is 6.42. The van der Waals surface area contributed by atoms with E-state index in [1.54, 1.807) is 32.0 Å². The van der Waals surface area contributed by atoms with E-state index in [1.165, 1.54) is 11.0 Å². The monoisotopic (exact) mass is 530 g/mol. The van der Waals surface area contributed by atoms with Crippen molar-refractivity contribution in [2.24, 2.45) is 5.92 Å². The van der Waals surface area contributed by atoms with Crippen molar-refractivity contribution in [3.8, 4) is 22.5 Å². The number of aromatic amines is 1. The van der Waals surface area contributed by atoms with Gasteiger partial charge in [0.1, 0.15) is 12.6 Å². The summed E-state index contributed by atoms with van der Waals surface area (Å²) in [5.74, 6) is -1.49. The normalized spacial score (nSPS) is 11.7. The molecule has 1 atom stereocenters. The number of rotatable bonds is 11. The van der Waals surface area contributed by atoms with Gasteiger partial charge < -0.3 is 14.8 Å². The minimum absolute atomic E-state index is 0.0392. The zero-order valence-corrected chi connectivity index (χ0v) is 21.2. The van der Waals surface area contributed by atoms with Gasteiger partial charge in [-0.2, -0.15) is 0 Å². The van der Waals surface area contributed by atoms with Crippen LogP contribution < -0.4 is 0 Å². The van der Waals surface area contributed by atoms with E-state index in [0.29, 0.717) is 11.4 Å². The number of aliphatic carboxylic acids is 1. The molecule has 0 spiro atoms. The highest BCUT2D eigenvalue weighted by Gasteiger charge is 2.33. The molecule has 0 saturated heterocycles. The molecule has 4 aromatic rings. The number of carboxylic acids is 1. The lowest BCUT2D eigenvalue weighted by atomic mass is 9.97. The van der Waals surface area contributed by atoms with E-state index in [-0.39, 0.29) is 24.6 Å². The molecule has 200 valence electrons. The summed E-state index contributed by atoms with van der Waals surface area (Å²) in [6.45, 7) is 3.18. The molecule has 0 bridgehead atoms. The molecule has 0 fully saturated rings. The van der Waals surface area contributed by atoms with Gasteiger partial charge in [0.05, 0.1) is 0 Å². The summed E-state index contributed by atoms with van der Waals surface area (Å²) >= 11 is 0. The van der Waals surface area contributed by atoms with Crippen LogP contribution in [0.3, 0.4) is 0 Å². The Hall–Kier alpha value is -5.13. The highest BCUT2D eigenvalue weighted by molar-refractivity contribution is 5.97. The average Bonchev–Trinajstić information content (AvgIpc) is 3.46. The number of carbonyl (C=O) groups excluding carboxylic acids is 1. The highest BCUT2D eigenvalue weighted by atomic mass is 16.9. The Kier molecular flexibility index (Phi) is 8.24.